The van der Waals surface area contributed by atoms with Gasteiger partial charge in [0.05, 0.1) is 26.8 Å². The van der Waals surface area contributed by atoms with Gasteiger partial charge in [0.1, 0.15) is 0 Å². The number of fused-ring (bicyclic) bond motifs is 3. The largest absolute Gasteiger partial charge is 0.376 e. The Morgan fingerprint density at radius 3 is 2.54 bits per heavy atom. The highest BCUT2D eigenvalue weighted by Crippen LogP contribution is 2.54. The van der Waals surface area contributed by atoms with Gasteiger partial charge in [-0.05, 0) is 42.4 Å². The molecule has 0 radical (unpaired) electrons. The fourth-order valence-corrected chi connectivity index (χ4v) is 5.02. The summed E-state index contributed by atoms with van der Waals surface area (Å²) in [7, 11) is 0. The molecule has 1 aliphatic carbocycles. The lowest BCUT2D eigenvalue weighted by molar-refractivity contribution is 0.425. The van der Waals surface area contributed by atoms with Crippen LogP contribution in [-0.4, -0.2) is 6.26 Å². The van der Waals surface area contributed by atoms with E-state index in [0.717, 1.165) is 17.7 Å². The van der Waals surface area contributed by atoms with Crippen molar-refractivity contribution in [3.8, 4) is 0 Å². The van der Waals surface area contributed by atoms with Crippen LogP contribution in [0.3, 0.4) is 0 Å². The molecular weight excluding hydrogens is 381 g/mol. The molecule has 2 aromatic carbocycles. The van der Waals surface area contributed by atoms with Crippen LogP contribution in [-0.2, 0) is 0 Å². The molecule has 1 heterocycles. The molecule has 1 aliphatic heterocycles. The first-order valence-electron chi connectivity index (χ1n) is 7.84. The van der Waals surface area contributed by atoms with E-state index in [0.29, 0.717) is 21.0 Å². The van der Waals surface area contributed by atoms with Gasteiger partial charge in [-0.25, -0.2) is 0 Å². The lowest BCUT2D eigenvalue weighted by atomic mass is 9.77. The third-order valence-electron chi connectivity index (χ3n) is 4.96. The summed E-state index contributed by atoms with van der Waals surface area (Å²) in [5.74, 6) is 0.667. The highest BCUT2D eigenvalue weighted by molar-refractivity contribution is 7.98. The van der Waals surface area contributed by atoms with Crippen LogP contribution in [0, 0.1) is 5.92 Å². The second kappa shape index (κ2) is 6.49. The molecule has 1 N–H and O–H groups in total. The van der Waals surface area contributed by atoms with Crippen molar-refractivity contribution in [1.29, 1.82) is 0 Å². The number of hydrogen-bond donors (Lipinski definition) is 1. The van der Waals surface area contributed by atoms with Crippen LogP contribution in [0.4, 0.5) is 5.69 Å². The van der Waals surface area contributed by atoms with Crippen molar-refractivity contribution in [1.82, 2.24) is 0 Å². The number of benzene rings is 2. The zero-order valence-corrected chi connectivity index (χ0v) is 16.1. The second-order valence-electron chi connectivity index (χ2n) is 6.19. The fraction of sp³-hybridized carbons (Fsp3) is 0.263. The predicted octanol–water partition coefficient (Wildman–Crippen LogP) is 7.20. The van der Waals surface area contributed by atoms with Crippen LogP contribution in [0.5, 0.6) is 0 Å². The maximum Gasteiger partial charge on any atom is 0.0656 e. The quantitative estimate of drug-likeness (QED) is 0.327. The first-order chi connectivity index (χ1) is 11.6. The molecule has 3 atom stereocenters. The molecule has 0 unspecified atom stereocenters. The smallest absolute Gasteiger partial charge is 0.0656 e. The molecular formula is C19H16Cl3NS. The maximum atomic E-state index is 6.52. The van der Waals surface area contributed by atoms with E-state index < -0.39 is 0 Å². The highest BCUT2D eigenvalue weighted by Gasteiger charge is 2.40. The minimum absolute atomic E-state index is 0.211. The van der Waals surface area contributed by atoms with Crippen molar-refractivity contribution in [2.24, 2.45) is 5.92 Å². The minimum atomic E-state index is 0.211. The number of thioether (sulfide) groups is 1. The summed E-state index contributed by atoms with van der Waals surface area (Å²) in [6.07, 6.45) is 7.59. The third-order valence-corrected chi connectivity index (χ3v) is 6.80. The summed E-state index contributed by atoms with van der Waals surface area (Å²) in [5, 5.41) is 5.40. The summed E-state index contributed by atoms with van der Waals surface area (Å²) < 4.78 is 0. The monoisotopic (exact) mass is 395 g/mol. The summed E-state index contributed by atoms with van der Waals surface area (Å²) >= 11 is 21.0. The molecule has 0 fully saturated rings. The van der Waals surface area contributed by atoms with Gasteiger partial charge in [0.25, 0.3) is 0 Å². The lowest BCUT2D eigenvalue weighted by Crippen LogP contribution is -2.29. The molecule has 124 valence electrons. The van der Waals surface area contributed by atoms with Gasteiger partial charge in [0.2, 0.25) is 0 Å². The van der Waals surface area contributed by atoms with Crippen molar-refractivity contribution < 1.29 is 0 Å². The number of nitrogens with one attached hydrogen (secondary N) is 1. The van der Waals surface area contributed by atoms with E-state index in [4.69, 9.17) is 34.8 Å². The summed E-state index contributed by atoms with van der Waals surface area (Å²) in [4.78, 5) is 1.27. The Labute approximate surface area is 161 Å². The van der Waals surface area contributed by atoms with E-state index >= 15 is 0 Å². The Kier molecular flexibility index (Phi) is 4.51. The number of hydrogen-bond acceptors (Lipinski definition) is 2. The standard InChI is InChI=1S/C19H16Cl3NS/c1-24-11-7-5-10(6-8-11)18-13-4-2-3-12(13)16-17(22)14(20)9-15(21)19(16)23-18/h2-3,5-9,12-13,18,23H,4H2,1H3/t12-,13+,18+/m1/s1. The van der Waals surface area contributed by atoms with Gasteiger partial charge in [-0.3, -0.25) is 0 Å². The Balaban J connectivity index is 1.81. The Bertz CT molecular complexity index is 816. The molecule has 0 amide bonds. The Morgan fingerprint density at radius 1 is 1.08 bits per heavy atom. The van der Waals surface area contributed by atoms with Crippen LogP contribution in [0.2, 0.25) is 15.1 Å². The second-order valence-corrected chi connectivity index (χ2v) is 8.26. The van der Waals surface area contributed by atoms with Gasteiger partial charge in [0.15, 0.2) is 0 Å². The van der Waals surface area contributed by atoms with E-state index in [2.05, 4.69) is 48.0 Å². The Morgan fingerprint density at radius 2 is 1.83 bits per heavy atom. The van der Waals surface area contributed by atoms with Crippen LogP contribution < -0.4 is 5.32 Å². The molecule has 5 heteroatoms. The van der Waals surface area contributed by atoms with Crippen molar-refractivity contribution >= 4 is 52.3 Å². The van der Waals surface area contributed by atoms with Gasteiger partial charge >= 0.3 is 0 Å². The summed E-state index contributed by atoms with van der Waals surface area (Å²) in [6.45, 7) is 0. The molecule has 2 aliphatic rings. The van der Waals surface area contributed by atoms with Crippen molar-refractivity contribution in [3.05, 3.63) is 68.7 Å². The topological polar surface area (TPSA) is 12.0 Å². The first kappa shape index (κ1) is 16.7. The zero-order chi connectivity index (χ0) is 16.8. The van der Waals surface area contributed by atoms with E-state index in [1.165, 1.54) is 10.5 Å². The van der Waals surface area contributed by atoms with Crippen molar-refractivity contribution in [2.45, 2.75) is 23.3 Å². The van der Waals surface area contributed by atoms with E-state index in [1.54, 1.807) is 17.8 Å². The van der Waals surface area contributed by atoms with E-state index in [1.807, 2.05) is 0 Å². The molecule has 0 saturated heterocycles. The van der Waals surface area contributed by atoms with Gasteiger partial charge in [0, 0.05) is 16.4 Å². The van der Waals surface area contributed by atoms with Gasteiger partial charge in [-0.1, -0.05) is 59.1 Å². The molecule has 0 spiro atoms. The fourth-order valence-electron chi connectivity index (χ4n) is 3.80. The average molecular weight is 397 g/mol. The van der Waals surface area contributed by atoms with Gasteiger partial charge in [-0.2, -0.15) is 0 Å². The number of halogens is 3. The Hall–Kier alpha value is -0.800. The highest BCUT2D eigenvalue weighted by atomic mass is 35.5. The van der Waals surface area contributed by atoms with Crippen LogP contribution in [0.25, 0.3) is 0 Å². The minimum Gasteiger partial charge on any atom is -0.376 e. The molecule has 24 heavy (non-hydrogen) atoms. The van der Waals surface area contributed by atoms with Crippen molar-refractivity contribution in [3.63, 3.8) is 0 Å². The first-order valence-corrected chi connectivity index (χ1v) is 10.2. The molecule has 4 rings (SSSR count). The average Bonchev–Trinajstić information content (AvgIpc) is 3.08. The predicted molar refractivity (Wildman–Crippen MR) is 106 cm³/mol. The molecule has 0 saturated carbocycles. The van der Waals surface area contributed by atoms with Gasteiger partial charge in [-0.15, -0.1) is 11.8 Å². The maximum absolute atomic E-state index is 6.52. The summed E-state index contributed by atoms with van der Waals surface area (Å²) in [5.41, 5.74) is 3.22. The number of anilines is 1. The van der Waals surface area contributed by atoms with E-state index in [-0.39, 0.29) is 12.0 Å². The normalized spacial score (nSPS) is 24.4. The zero-order valence-electron chi connectivity index (χ0n) is 13.0. The third kappa shape index (κ3) is 2.64. The van der Waals surface area contributed by atoms with Crippen molar-refractivity contribution in [2.75, 3.05) is 11.6 Å². The summed E-state index contributed by atoms with van der Waals surface area (Å²) in [6, 6.07) is 10.7. The molecule has 0 bridgehead atoms. The van der Waals surface area contributed by atoms with Gasteiger partial charge < -0.3 is 5.32 Å². The molecule has 1 nitrogen and oxygen atoms in total. The molecule has 2 aromatic rings. The van der Waals surface area contributed by atoms with Crippen LogP contribution in [0.15, 0.2) is 47.4 Å². The molecule has 0 aromatic heterocycles. The van der Waals surface area contributed by atoms with Crippen LogP contribution in [0.1, 0.15) is 29.5 Å². The van der Waals surface area contributed by atoms with Crippen LogP contribution >= 0.6 is 46.6 Å². The SMILES string of the molecule is CSc1ccc([C@@H]2Nc3c(Cl)cc(Cl)c(Cl)c3[C@@H]3C=CC[C@@H]32)cc1. The number of allylic oxidation sites excluding steroid dienone is 2. The van der Waals surface area contributed by atoms with E-state index in [9.17, 15) is 0 Å². The lowest BCUT2D eigenvalue weighted by Gasteiger charge is -2.38. The number of rotatable bonds is 2.